The standard InChI is InChI=1S/C62H50N4O4S4/c1-39-8-20-45(21-9-39)65(46-22-10-41(11-23-46)14-34-59(67)69-3)48-26-16-43(17-27-48)53-30-32-55(71-53)61-63-51-37-58-52(38-57(51)73-61)64-62(74-58)56-33-31-54(72-56)44-18-28-49(29-19-44)66(50-7-5-6-40(2)36-50)47-24-12-42(13-25-47)15-35-60(68)70-4/h5-13,16-33,36-38H,14-15,34-35H2,1-4H3. The molecule has 8 nitrogen and oxygen atoms in total. The Morgan fingerprint density at radius 2 is 0.811 bits per heavy atom. The molecule has 0 radical (unpaired) electrons. The number of anilines is 6. The summed E-state index contributed by atoms with van der Waals surface area (Å²) < 4.78 is 11.9. The minimum atomic E-state index is -0.204. The molecule has 4 aromatic heterocycles. The van der Waals surface area contributed by atoms with Gasteiger partial charge < -0.3 is 19.3 Å². The zero-order valence-electron chi connectivity index (χ0n) is 41.2. The van der Waals surface area contributed by atoms with E-state index < -0.39 is 0 Å². The second-order valence-electron chi connectivity index (χ2n) is 18.1. The predicted molar refractivity (Wildman–Crippen MR) is 310 cm³/mol. The Kier molecular flexibility index (Phi) is 14.0. The minimum Gasteiger partial charge on any atom is -0.469 e. The van der Waals surface area contributed by atoms with Crippen LogP contribution in [0.3, 0.4) is 0 Å². The first-order chi connectivity index (χ1) is 36.1. The molecule has 0 bridgehead atoms. The lowest BCUT2D eigenvalue weighted by molar-refractivity contribution is -0.141. The molecule has 0 saturated heterocycles. The highest BCUT2D eigenvalue weighted by molar-refractivity contribution is 7.28. The van der Waals surface area contributed by atoms with Crippen molar-refractivity contribution in [2.24, 2.45) is 0 Å². The summed E-state index contributed by atoms with van der Waals surface area (Å²) in [5.74, 6) is -0.408. The molecule has 0 fully saturated rings. The number of benzene rings is 7. The van der Waals surface area contributed by atoms with E-state index in [0.717, 1.165) is 96.6 Å². The molecule has 0 unspecified atom stereocenters. The van der Waals surface area contributed by atoms with Crippen LogP contribution < -0.4 is 9.80 Å². The fourth-order valence-electron chi connectivity index (χ4n) is 9.00. The van der Waals surface area contributed by atoms with E-state index in [1.54, 1.807) is 45.3 Å². The third kappa shape index (κ3) is 10.5. The number of thiophene rings is 2. The van der Waals surface area contributed by atoms with E-state index >= 15 is 0 Å². The molecule has 4 heterocycles. The van der Waals surface area contributed by atoms with E-state index in [1.807, 2.05) is 0 Å². The second kappa shape index (κ2) is 21.4. The summed E-state index contributed by atoms with van der Waals surface area (Å²) in [7, 11) is 2.85. The van der Waals surface area contributed by atoms with E-state index in [-0.39, 0.29) is 11.9 Å². The molecule has 0 saturated carbocycles. The van der Waals surface area contributed by atoms with Gasteiger partial charge in [0.2, 0.25) is 0 Å². The lowest BCUT2D eigenvalue weighted by atomic mass is 10.1. The Balaban J connectivity index is 0.787. The lowest BCUT2D eigenvalue weighted by Crippen LogP contribution is -2.10. The summed E-state index contributed by atoms with van der Waals surface area (Å²) in [5.41, 5.74) is 15.2. The first kappa shape index (κ1) is 48.5. The predicted octanol–water partition coefficient (Wildman–Crippen LogP) is 17.5. The number of rotatable bonds is 16. The maximum Gasteiger partial charge on any atom is 0.305 e. The van der Waals surface area contributed by atoms with Gasteiger partial charge in [-0.3, -0.25) is 9.59 Å². The molecule has 366 valence electrons. The number of thiazole rings is 2. The van der Waals surface area contributed by atoms with Gasteiger partial charge in [0.05, 0.1) is 44.4 Å². The normalized spacial score (nSPS) is 11.3. The van der Waals surface area contributed by atoms with Crippen LogP contribution in [0, 0.1) is 13.8 Å². The molecule has 74 heavy (non-hydrogen) atoms. The SMILES string of the molecule is COC(=O)CCc1ccc(N(c2ccc(C)cc2)c2ccc(-c3ccc(-c4nc5cc6sc(-c7ccc(-c8ccc(N(c9ccc(CCC(=O)OC)cc9)c9cccc(C)c9)cc8)s7)nc6cc5s4)s3)cc2)cc1. The van der Waals surface area contributed by atoms with Crippen molar-refractivity contribution in [3.05, 3.63) is 204 Å². The van der Waals surface area contributed by atoms with E-state index in [4.69, 9.17) is 19.4 Å². The molecule has 0 spiro atoms. The third-order valence-corrected chi connectivity index (χ3v) is 17.6. The molecule has 0 aliphatic carbocycles. The Hall–Kier alpha value is -7.74. The number of aromatic nitrogens is 2. The van der Waals surface area contributed by atoms with Crippen molar-refractivity contribution >= 4 is 112 Å². The van der Waals surface area contributed by atoms with E-state index in [9.17, 15) is 9.59 Å². The number of aryl methyl sites for hydroxylation is 4. The Morgan fingerprint density at radius 1 is 0.419 bits per heavy atom. The van der Waals surface area contributed by atoms with Crippen molar-refractivity contribution in [1.29, 1.82) is 0 Å². The quantitative estimate of drug-likeness (QED) is 0.0885. The van der Waals surface area contributed by atoms with Crippen molar-refractivity contribution in [3.8, 4) is 40.7 Å². The second-order valence-corrected chi connectivity index (χ2v) is 22.3. The van der Waals surface area contributed by atoms with Crippen molar-refractivity contribution in [2.75, 3.05) is 24.0 Å². The van der Waals surface area contributed by atoms with Crippen LogP contribution in [0.1, 0.15) is 35.1 Å². The summed E-state index contributed by atoms with van der Waals surface area (Å²) in [5, 5.41) is 2.01. The van der Waals surface area contributed by atoms with Crippen LogP contribution in [0.2, 0.25) is 0 Å². The number of hydrogen-bond donors (Lipinski definition) is 0. The smallest absolute Gasteiger partial charge is 0.305 e. The summed E-state index contributed by atoms with van der Waals surface area (Å²) in [6.07, 6.45) is 1.98. The molecule has 7 aromatic carbocycles. The number of ether oxygens (including phenoxy) is 2. The first-order valence-electron chi connectivity index (χ1n) is 24.3. The van der Waals surface area contributed by atoms with Gasteiger partial charge in [-0.1, -0.05) is 78.4 Å². The van der Waals surface area contributed by atoms with Gasteiger partial charge in [-0.15, -0.1) is 45.3 Å². The number of methoxy groups -OCH3 is 2. The van der Waals surface area contributed by atoms with Crippen molar-refractivity contribution in [3.63, 3.8) is 0 Å². The van der Waals surface area contributed by atoms with Gasteiger partial charge in [0.1, 0.15) is 10.0 Å². The van der Waals surface area contributed by atoms with E-state index in [1.165, 1.54) is 35.1 Å². The molecule has 0 N–H and O–H groups in total. The van der Waals surface area contributed by atoms with Crippen LogP contribution in [0.15, 0.2) is 182 Å². The number of nitrogens with zero attached hydrogens (tertiary/aromatic N) is 4. The number of esters is 2. The highest BCUT2D eigenvalue weighted by atomic mass is 32.1. The molecular formula is C62H50N4O4S4. The maximum atomic E-state index is 11.8. The summed E-state index contributed by atoms with van der Waals surface area (Å²) >= 11 is 6.94. The average molecular weight is 1040 g/mol. The highest BCUT2D eigenvalue weighted by Crippen LogP contribution is 2.44. The van der Waals surface area contributed by atoms with Gasteiger partial charge >= 0.3 is 11.9 Å². The molecule has 11 rings (SSSR count). The number of carbonyl (C=O) groups is 2. The van der Waals surface area contributed by atoms with Crippen LogP contribution in [0.5, 0.6) is 0 Å². The minimum absolute atomic E-state index is 0.204. The number of carbonyl (C=O) groups excluding carboxylic acids is 2. The molecule has 0 aliphatic heterocycles. The zero-order chi connectivity index (χ0) is 50.7. The maximum absolute atomic E-state index is 11.8. The molecule has 11 aromatic rings. The molecule has 12 heteroatoms. The number of fused-ring (bicyclic) bond motifs is 2. The van der Waals surface area contributed by atoms with Gasteiger partial charge in [-0.2, -0.15) is 0 Å². The Morgan fingerprint density at radius 3 is 1.23 bits per heavy atom. The van der Waals surface area contributed by atoms with Gasteiger partial charge in [0.15, 0.2) is 0 Å². The number of hydrogen-bond acceptors (Lipinski definition) is 12. The Bertz CT molecular complexity index is 3710. The average Bonchev–Trinajstić information content (AvgIpc) is 4.28. The lowest BCUT2D eigenvalue weighted by Gasteiger charge is -2.26. The van der Waals surface area contributed by atoms with Gasteiger partial charge in [0.25, 0.3) is 0 Å². The van der Waals surface area contributed by atoms with Gasteiger partial charge in [-0.05, 0) is 164 Å². The molecule has 0 aliphatic rings. The Labute approximate surface area is 446 Å². The first-order valence-corrected chi connectivity index (χ1v) is 27.6. The van der Waals surface area contributed by atoms with Crippen molar-refractivity contribution in [2.45, 2.75) is 39.5 Å². The van der Waals surface area contributed by atoms with Crippen LogP contribution in [0.25, 0.3) is 61.1 Å². The van der Waals surface area contributed by atoms with Gasteiger partial charge in [0, 0.05) is 56.7 Å². The van der Waals surface area contributed by atoms with Gasteiger partial charge in [-0.25, -0.2) is 9.97 Å². The fourth-order valence-corrected chi connectivity index (χ4v) is 13.1. The molecular weight excluding hydrogens is 993 g/mol. The van der Waals surface area contributed by atoms with Crippen LogP contribution >= 0.6 is 45.3 Å². The largest absolute Gasteiger partial charge is 0.469 e. The summed E-state index contributed by atoms with van der Waals surface area (Å²) in [6, 6.07) is 64.6. The van der Waals surface area contributed by atoms with Crippen LogP contribution in [-0.4, -0.2) is 36.1 Å². The van der Waals surface area contributed by atoms with Crippen molar-refractivity contribution < 1.29 is 19.1 Å². The summed E-state index contributed by atoms with van der Waals surface area (Å²) in [4.78, 5) is 43.0. The van der Waals surface area contributed by atoms with Crippen LogP contribution in [-0.2, 0) is 31.9 Å². The monoisotopic (exact) mass is 1040 g/mol. The molecule has 0 atom stereocenters. The third-order valence-electron chi connectivity index (χ3n) is 13.0. The molecule has 0 amide bonds. The van der Waals surface area contributed by atoms with E-state index in [0.29, 0.717) is 25.7 Å². The zero-order valence-corrected chi connectivity index (χ0v) is 44.5. The van der Waals surface area contributed by atoms with Crippen LogP contribution in [0.4, 0.5) is 34.1 Å². The van der Waals surface area contributed by atoms with E-state index in [2.05, 4.69) is 206 Å². The fraction of sp³-hybridized carbons (Fsp3) is 0.129. The highest BCUT2D eigenvalue weighted by Gasteiger charge is 2.19. The topological polar surface area (TPSA) is 84.9 Å². The van der Waals surface area contributed by atoms with Crippen molar-refractivity contribution in [1.82, 2.24) is 9.97 Å². The summed E-state index contributed by atoms with van der Waals surface area (Å²) in [6.45, 7) is 4.21.